The van der Waals surface area contributed by atoms with Crippen molar-refractivity contribution in [3.63, 3.8) is 0 Å². The molecule has 1 N–H and O–H groups in total. The number of benzene rings is 2. The van der Waals surface area contributed by atoms with Crippen LogP contribution in [-0.4, -0.2) is 0 Å². The van der Waals surface area contributed by atoms with Crippen LogP contribution in [-0.2, 0) is 6.54 Å². The molecule has 3 rings (SSSR count). The molecular weight excluding hydrogens is 349 g/mol. The van der Waals surface area contributed by atoms with E-state index in [1.165, 1.54) is 28.1 Å². The van der Waals surface area contributed by atoms with Crippen LogP contribution in [0.25, 0.3) is 11.1 Å². The van der Waals surface area contributed by atoms with Gasteiger partial charge in [0.15, 0.2) is 0 Å². The van der Waals surface area contributed by atoms with Crippen molar-refractivity contribution in [3.05, 3.63) is 75.1 Å². The van der Waals surface area contributed by atoms with Gasteiger partial charge in [0, 0.05) is 15.9 Å². The van der Waals surface area contributed by atoms with Crippen LogP contribution in [0.3, 0.4) is 0 Å². The van der Waals surface area contributed by atoms with Gasteiger partial charge in [-0.25, -0.2) is 4.39 Å². The van der Waals surface area contributed by atoms with Crippen LogP contribution in [0.2, 0.25) is 0 Å². The van der Waals surface area contributed by atoms with E-state index < -0.39 is 0 Å². The Morgan fingerprint density at radius 2 is 1.81 bits per heavy atom. The predicted octanol–water partition coefficient (Wildman–Crippen LogP) is 5.93. The molecule has 3 aromatic rings. The number of hydrogen-bond donors (Lipinski definition) is 1. The van der Waals surface area contributed by atoms with Gasteiger partial charge in [-0.3, -0.25) is 0 Å². The second-order valence-corrected chi connectivity index (χ2v) is 6.50. The quantitative estimate of drug-likeness (QED) is 0.607. The molecule has 1 nitrogen and oxygen atoms in total. The maximum Gasteiger partial charge on any atom is 0.125 e. The Kier molecular flexibility index (Phi) is 4.36. The molecule has 0 atom stereocenters. The Labute approximate surface area is 135 Å². The summed E-state index contributed by atoms with van der Waals surface area (Å²) in [6.45, 7) is 0.680. The Balaban J connectivity index is 1.72. The monoisotopic (exact) mass is 361 g/mol. The van der Waals surface area contributed by atoms with E-state index in [0.29, 0.717) is 6.54 Å². The lowest BCUT2D eigenvalue weighted by molar-refractivity contribution is 0.628. The summed E-state index contributed by atoms with van der Waals surface area (Å²) in [5.41, 5.74) is 3.20. The smallest absolute Gasteiger partial charge is 0.125 e. The number of halogens is 2. The first-order chi connectivity index (χ1) is 10.2. The molecule has 0 amide bonds. The zero-order valence-electron chi connectivity index (χ0n) is 11.1. The highest BCUT2D eigenvalue weighted by Gasteiger charge is 2.04. The van der Waals surface area contributed by atoms with E-state index in [1.54, 1.807) is 17.4 Å². The van der Waals surface area contributed by atoms with Gasteiger partial charge in [-0.15, -0.1) is 11.3 Å². The van der Waals surface area contributed by atoms with Crippen LogP contribution >= 0.6 is 27.3 Å². The fraction of sp³-hybridized carbons (Fsp3) is 0.0588. The van der Waals surface area contributed by atoms with Gasteiger partial charge in [-0.05, 0) is 56.7 Å². The lowest BCUT2D eigenvalue weighted by Gasteiger charge is -2.07. The lowest BCUT2D eigenvalue weighted by Crippen LogP contribution is -1.98. The Morgan fingerprint density at radius 3 is 2.62 bits per heavy atom. The maximum atomic E-state index is 13.2. The predicted molar refractivity (Wildman–Crippen MR) is 91.2 cm³/mol. The minimum atomic E-state index is -0.239. The van der Waals surface area contributed by atoms with Crippen LogP contribution in [0.1, 0.15) is 4.88 Å². The molecular formula is C17H13BrFNS. The van der Waals surface area contributed by atoms with Crippen molar-refractivity contribution in [2.45, 2.75) is 6.54 Å². The molecule has 0 aliphatic rings. The maximum absolute atomic E-state index is 13.2. The SMILES string of the molecule is Fc1ccc(Br)c(NCc2cc(-c3ccccc3)cs2)c1. The molecule has 1 aromatic heterocycles. The molecule has 21 heavy (non-hydrogen) atoms. The molecule has 0 saturated heterocycles. The molecule has 106 valence electrons. The third kappa shape index (κ3) is 3.52. The van der Waals surface area contributed by atoms with Crippen LogP contribution in [0, 0.1) is 5.82 Å². The number of hydrogen-bond acceptors (Lipinski definition) is 2. The van der Waals surface area contributed by atoms with Crippen molar-refractivity contribution in [2.75, 3.05) is 5.32 Å². The summed E-state index contributed by atoms with van der Waals surface area (Å²) in [5.74, 6) is -0.239. The van der Waals surface area contributed by atoms with Gasteiger partial charge in [0.25, 0.3) is 0 Å². The van der Waals surface area contributed by atoms with E-state index in [4.69, 9.17) is 0 Å². The second kappa shape index (κ2) is 6.41. The van der Waals surface area contributed by atoms with Crippen molar-refractivity contribution in [1.29, 1.82) is 0 Å². The highest BCUT2D eigenvalue weighted by molar-refractivity contribution is 9.10. The average molecular weight is 362 g/mol. The van der Waals surface area contributed by atoms with Crippen LogP contribution in [0.15, 0.2) is 64.5 Å². The van der Waals surface area contributed by atoms with Gasteiger partial charge in [-0.1, -0.05) is 30.3 Å². The number of nitrogens with one attached hydrogen (secondary N) is 1. The standard InChI is InChI=1S/C17H13BrFNS/c18-16-7-6-14(19)9-17(16)20-10-15-8-13(11-21-15)12-4-2-1-3-5-12/h1-9,11,20H,10H2. The minimum Gasteiger partial charge on any atom is -0.379 e. The highest BCUT2D eigenvalue weighted by atomic mass is 79.9. The van der Waals surface area contributed by atoms with Crippen molar-refractivity contribution >= 4 is 33.0 Å². The fourth-order valence-corrected chi connectivity index (χ4v) is 3.29. The Morgan fingerprint density at radius 1 is 1.00 bits per heavy atom. The van der Waals surface area contributed by atoms with Crippen LogP contribution in [0.4, 0.5) is 10.1 Å². The van der Waals surface area contributed by atoms with Gasteiger partial charge in [0.1, 0.15) is 5.82 Å². The third-order valence-electron chi connectivity index (χ3n) is 3.14. The van der Waals surface area contributed by atoms with Gasteiger partial charge < -0.3 is 5.32 Å². The summed E-state index contributed by atoms with van der Waals surface area (Å²) in [6.07, 6.45) is 0. The molecule has 1 heterocycles. The fourth-order valence-electron chi connectivity index (χ4n) is 2.07. The van der Waals surface area contributed by atoms with E-state index in [0.717, 1.165) is 10.2 Å². The van der Waals surface area contributed by atoms with Gasteiger partial charge in [-0.2, -0.15) is 0 Å². The summed E-state index contributed by atoms with van der Waals surface area (Å²) in [7, 11) is 0. The number of rotatable bonds is 4. The zero-order chi connectivity index (χ0) is 14.7. The minimum absolute atomic E-state index is 0.239. The molecule has 0 fully saturated rings. The first kappa shape index (κ1) is 14.3. The first-order valence-corrected chi connectivity index (χ1v) is 8.21. The van der Waals surface area contributed by atoms with Crippen LogP contribution in [0.5, 0.6) is 0 Å². The molecule has 0 aliphatic heterocycles. The normalized spacial score (nSPS) is 10.6. The van der Waals surface area contributed by atoms with Crippen molar-refractivity contribution in [1.82, 2.24) is 0 Å². The Bertz CT molecular complexity index is 740. The highest BCUT2D eigenvalue weighted by Crippen LogP contribution is 2.28. The first-order valence-electron chi connectivity index (χ1n) is 6.54. The zero-order valence-corrected chi connectivity index (χ0v) is 13.5. The van der Waals surface area contributed by atoms with E-state index >= 15 is 0 Å². The van der Waals surface area contributed by atoms with E-state index in [1.807, 2.05) is 18.2 Å². The molecule has 2 aromatic carbocycles. The molecule has 0 radical (unpaired) electrons. The number of anilines is 1. The average Bonchev–Trinajstić information content (AvgIpc) is 2.98. The summed E-state index contributed by atoms with van der Waals surface area (Å²) < 4.78 is 14.1. The van der Waals surface area contributed by atoms with Crippen molar-refractivity contribution in [2.24, 2.45) is 0 Å². The summed E-state index contributed by atoms with van der Waals surface area (Å²) in [5, 5.41) is 5.40. The molecule has 0 saturated carbocycles. The third-order valence-corrected chi connectivity index (χ3v) is 4.77. The largest absolute Gasteiger partial charge is 0.379 e. The van der Waals surface area contributed by atoms with E-state index in [9.17, 15) is 4.39 Å². The van der Waals surface area contributed by atoms with Crippen molar-refractivity contribution in [3.8, 4) is 11.1 Å². The Hall–Kier alpha value is -1.65. The van der Waals surface area contributed by atoms with Crippen molar-refractivity contribution < 1.29 is 4.39 Å². The van der Waals surface area contributed by atoms with E-state index in [2.05, 4.69) is 44.8 Å². The molecule has 4 heteroatoms. The van der Waals surface area contributed by atoms with Gasteiger partial charge >= 0.3 is 0 Å². The summed E-state index contributed by atoms with van der Waals surface area (Å²) in [4.78, 5) is 1.21. The van der Waals surface area contributed by atoms with E-state index in [-0.39, 0.29) is 5.82 Å². The summed E-state index contributed by atoms with van der Waals surface area (Å²) >= 11 is 5.12. The lowest BCUT2D eigenvalue weighted by atomic mass is 10.1. The molecule has 0 bridgehead atoms. The van der Waals surface area contributed by atoms with Gasteiger partial charge in [0.2, 0.25) is 0 Å². The molecule has 0 spiro atoms. The summed E-state index contributed by atoms with van der Waals surface area (Å²) in [6, 6.07) is 17.1. The topological polar surface area (TPSA) is 12.0 Å². The molecule has 0 unspecified atom stereocenters. The number of thiophene rings is 1. The molecule has 0 aliphatic carbocycles. The van der Waals surface area contributed by atoms with Gasteiger partial charge in [0.05, 0.1) is 5.69 Å². The van der Waals surface area contributed by atoms with Crippen LogP contribution < -0.4 is 5.32 Å². The second-order valence-electron chi connectivity index (χ2n) is 4.65.